The normalized spacial score (nSPS) is 12.1. The quantitative estimate of drug-likeness (QED) is 0.187. The summed E-state index contributed by atoms with van der Waals surface area (Å²) in [6.45, 7) is 7.58. The third kappa shape index (κ3) is 7.60. The Labute approximate surface area is 228 Å². The van der Waals surface area contributed by atoms with Gasteiger partial charge in [-0.25, -0.2) is 0 Å². The van der Waals surface area contributed by atoms with Gasteiger partial charge in [-0.15, -0.1) is 0 Å². The van der Waals surface area contributed by atoms with E-state index in [4.69, 9.17) is 22.1 Å². The van der Waals surface area contributed by atoms with Gasteiger partial charge in [-0.3, -0.25) is 9.59 Å². The molecule has 1 atom stereocenters. The number of benzene rings is 3. The Hall–Kier alpha value is -4.29. The zero-order valence-corrected chi connectivity index (χ0v) is 22.3. The molecule has 0 saturated heterocycles. The molecular weight excluding hydrogens is 498 g/mol. The van der Waals surface area contributed by atoms with Gasteiger partial charge in [-0.2, -0.15) is 0 Å². The topological polar surface area (TPSA) is 93.5 Å². The van der Waals surface area contributed by atoms with Crippen molar-refractivity contribution in [3.05, 3.63) is 119 Å². The van der Waals surface area contributed by atoms with E-state index in [9.17, 15) is 9.59 Å². The molecule has 0 radical (unpaired) electrons. The number of nitrogens with two attached hydrogens (primary N) is 1. The van der Waals surface area contributed by atoms with Crippen molar-refractivity contribution in [2.24, 2.45) is 11.7 Å². The first-order chi connectivity index (χ1) is 18.3. The second-order valence-corrected chi connectivity index (χ2v) is 8.89. The molecule has 2 amide bonds. The molecule has 0 aliphatic rings. The van der Waals surface area contributed by atoms with Gasteiger partial charge in [0.05, 0.1) is 0 Å². The Bertz CT molecular complexity index is 1330. The van der Waals surface area contributed by atoms with E-state index in [1.165, 1.54) is 0 Å². The molecule has 6 nitrogen and oxygen atoms in total. The highest BCUT2D eigenvalue weighted by atomic mass is 35.5. The molecule has 0 heterocycles. The zero-order chi connectivity index (χ0) is 27.5. The molecule has 1 unspecified atom stereocenters. The van der Waals surface area contributed by atoms with Crippen LogP contribution in [0.2, 0.25) is 5.02 Å². The fraction of sp³-hybridized carbons (Fsp3) is 0.161. The van der Waals surface area contributed by atoms with Crippen LogP contribution in [0.3, 0.4) is 0 Å². The molecule has 3 rings (SSSR count). The number of amides is 2. The van der Waals surface area contributed by atoms with Crippen molar-refractivity contribution in [3.63, 3.8) is 0 Å². The lowest BCUT2D eigenvalue weighted by Crippen LogP contribution is -2.39. The fourth-order valence-corrected chi connectivity index (χ4v) is 4.05. The highest BCUT2D eigenvalue weighted by molar-refractivity contribution is 6.31. The first-order valence-corrected chi connectivity index (χ1v) is 12.7. The van der Waals surface area contributed by atoms with Crippen molar-refractivity contribution in [2.45, 2.75) is 26.8 Å². The number of ether oxygens (including phenoxy) is 1. The van der Waals surface area contributed by atoms with Crippen molar-refractivity contribution < 1.29 is 14.3 Å². The molecule has 0 aromatic heterocycles. The van der Waals surface area contributed by atoms with Gasteiger partial charge >= 0.3 is 0 Å². The van der Waals surface area contributed by atoms with Crippen molar-refractivity contribution in [2.75, 3.05) is 5.32 Å². The molecular formula is C31H32ClN3O3. The van der Waals surface area contributed by atoms with E-state index in [2.05, 4.69) is 17.2 Å². The summed E-state index contributed by atoms with van der Waals surface area (Å²) in [5.41, 5.74) is 8.66. The molecule has 0 aliphatic heterocycles. The summed E-state index contributed by atoms with van der Waals surface area (Å²) in [4.78, 5) is 26.9. The monoisotopic (exact) mass is 529 g/mol. The lowest BCUT2D eigenvalue weighted by Gasteiger charge is -2.19. The molecule has 7 heteroatoms. The first kappa shape index (κ1) is 28.3. The minimum absolute atomic E-state index is 0.0764. The highest BCUT2D eigenvalue weighted by Crippen LogP contribution is 2.30. The van der Waals surface area contributed by atoms with E-state index in [0.717, 1.165) is 5.56 Å². The molecule has 0 spiro atoms. The second-order valence-electron chi connectivity index (χ2n) is 8.49. The molecule has 0 fully saturated rings. The van der Waals surface area contributed by atoms with Gasteiger partial charge in [0.15, 0.2) is 0 Å². The molecule has 4 N–H and O–H groups in total. The summed E-state index contributed by atoms with van der Waals surface area (Å²) in [7, 11) is 0. The van der Waals surface area contributed by atoms with E-state index < -0.39 is 17.7 Å². The summed E-state index contributed by atoms with van der Waals surface area (Å²) in [6.07, 6.45) is 6.10. The van der Waals surface area contributed by atoms with Crippen LogP contribution in [0.15, 0.2) is 103 Å². The average molecular weight is 530 g/mol. The van der Waals surface area contributed by atoms with Crippen LogP contribution in [-0.4, -0.2) is 11.8 Å². The van der Waals surface area contributed by atoms with Gasteiger partial charge in [-0.05, 0) is 60.9 Å². The molecule has 0 bridgehead atoms. The fourth-order valence-electron chi connectivity index (χ4n) is 3.81. The summed E-state index contributed by atoms with van der Waals surface area (Å²) in [5.74, 6) is -0.844. The molecule has 3 aromatic rings. The maximum Gasteiger partial charge on any atom is 0.241 e. The van der Waals surface area contributed by atoms with Gasteiger partial charge in [0.2, 0.25) is 11.8 Å². The molecule has 38 heavy (non-hydrogen) atoms. The van der Waals surface area contributed by atoms with Gasteiger partial charge in [0.1, 0.15) is 17.4 Å². The van der Waals surface area contributed by atoms with Gasteiger partial charge in [0.25, 0.3) is 0 Å². The number of allylic oxidation sites excluding steroid dienone is 3. The number of hydrogen-bond acceptors (Lipinski definition) is 4. The third-order valence-corrected chi connectivity index (χ3v) is 6.02. The Morgan fingerprint density at radius 3 is 2.37 bits per heavy atom. The predicted molar refractivity (Wildman–Crippen MR) is 155 cm³/mol. The number of para-hydroxylation sites is 1. The standard InChI is InChI=1S/C31H32ClN3O3/c1-4-10-23(11-5-2)29(31(37)35-24-18-16-22(17-19-24)21(3)33)30(36)34-20-26-27(32)14-9-15-28(26)38-25-12-7-6-8-13-25/h4,6-19,29H,3,5,20,33H2,1-2H3,(H,34,36)(H,35,37)/b10-4-,23-11+. The number of carbonyl (C=O) groups is 2. The third-order valence-electron chi connectivity index (χ3n) is 5.67. The Morgan fingerprint density at radius 2 is 1.74 bits per heavy atom. The Kier molecular flexibility index (Phi) is 10.3. The number of hydrogen-bond donors (Lipinski definition) is 3. The van der Waals surface area contributed by atoms with Crippen molar-refractivity contribution in [1.29, 1.82) is 0 Å². The number of carbonyl (C=O) groups excluding carboxylic acids is 2. The largest absolute Gasteiger partial charge is 0.457 e. The highest BCUT2D eigenvalue weighted by Gasteiger charge is 2.29. The maximum absolute atomic E-state index is 13.5. The van der Waals surface area contributed by atoms with Crippen LogP contribution in [0, 0.1) is 5.92 Å². The minimum atomic E-state index is -1.09. The summed E-state index contributed by atoms with van der Waals surface area (Å²) in [5, 5.41) is 6.17. The van der Waals surface area contributed by atoms with E-state index in [1.54, 1.807) is 54.6 Å². The molecule has 0 aliphatic carbocycles. The van der Waals surface area contributed by atoms with Gasteiger partial charge in [0, 0.05) is 28.5 Å². The van der Waals surface area contributed by atoms with Crippen molar-refractivity contribution >= 4 is 34.8 Å². The smallest absolute Gasteiger partial charge is 0.241 e. The average Bonchev–Trinajstić information content (AvgIpc) is 2.89. The van der Waals surface area contributed by atoms with Crippen LogP contribution in [0.4, 0.5) is 5.69 Å². The van der Waals surface area contributed by atoms with E-state index in [1.807, 2.05) is 50.3 Å². The summed E-state index contributed by atoms with van der Waals surface area (Å²) in [6, 6.07) is 21.5. The molecule has 196 valence electrons. The number of anilines is 1. The van der Waals surface area contributed by atoms with Crippen LogP contribution in [0.25, 0.3) is 5.70 Å². The maximum atomic E-state index is 13.5. The van der Waals surface area contributed by atoms with Crippen LogP contribution < -0.4 is 21.1 Å². The Balaban J connectivity index is 1.84. The van der Waals surface area contributed by atoms with Crippen molar-refractivity contribution in [3.8, 4) is 11.5 Å². The van der Waals surface area contributed by atoms with Crippen LogP contribution in [-0.2, 0) is 16.1 Å². The summed E-state index contributed by atoms with van der Waals surface area (Å²) < 4.78 is 6.01. The van der Waals surface area contributed by atoms with Crippen LogP contribution >= 0.6 is 11.6 Å². The first-order valence-electron chi connectivity index (χ1n) is 12.3. The second kappa shape index (κ2) is 13.9. The molecule has 0 saturated carbocycles. The van der Waals surface area contributed by atoms with Crippen molar-refractivity contribution in [1.82, 2.24) is 5.32 Å². The predicted octanol–water partition coefficient (Wildman–Crippen LogP) is 6.85. The summed E-state index contributed by atoms with van der Waals surface area (Å²) >= 11 is 6.48. The van der Waals surface area contributed by atoms with E-state index in [0.29, 0.717) is 45.5 Å². The van der Waals surface area contributed by atoms with Gasteiger partial charge < -0.3 is 21.1 Å². The van der Waals surface area contributed by atoms with E-state index >= 15 is 0 Å². The van der Waals surface area contributed by atoms with Crippen LogP contribution in [0.1, 0.15) is 31.4 Å². The van der Waals surface area contributed by atoms with Gasteiger partial charge in [-0.1, -0.05) is 79.7 Å². The van der Waals surface area contributed by atoms with Crippen LogP contribution in [0.5, 0.6) is 11.5 Å². The minimum Gasteiger partial charge on any atom is -0.457 e. The SMILES string of the molecule is C=C(N)c1ccc(NC(=O)C(C(=O)NCc2c(Cl)cccc2Oc2ccccc2)C(/C=C\C)=C/CC)cc1. The Morgan fingerprint density at radius 1 is 1.03 bits per heavy atom. The lowest BCUT2D eigenvalue weighted by atomic mass is 9.95. The molecule has 3 aromatic carbocycles. The zero-order valence-electron chi connectivity index (χ0n) is 21.5. The number of nitrogens with one attached hydrogen (secondary N) is 2. The van der Waals surface area contributed by atoms with E-state index in [-0.39, 0.29) is 6.54 Å². The number of rotatable bonds is 11. The lowest BCUT2D eigenvalue weighted by molar-refractivity contribution is -0.130. The number of halogens is 1.